The van der Waals surface area contributed by atoms with Gasteiger partial charge in [0.05, 0.1) is 0 Å². The summed E-state index contributed by atoms with van der Waals surface area (Å²) < 4.78 is 22.9. The zero-order valence-corrected chi connectivity index (χ0v) is 11.3. The van der Waals surface area contributed by atoms with E-state index in [9.17, 15) is 18.0 Å². The fourth-order valence-electron chi connectivity index (χ4n) is 1.73. The van der Waals surface area contributed by atoms with E-state index in [0.717, 1.165) is 11.3 Å². The van der Waals surface area contributed by atoms with Crippen molar-refractivity contribution in [3.8, 4) is 0 Å². The Balaban J connectivity index is 2.48. The molecule has 0 saturated carbocycles. The average molecular weight is 289 g/mol. The van der Waals surface area contributed by atoms with Crippen LogP contribution in [-0.2, 0) is 19.6 Å². The number of aliphatic carboxylic acids is 1. The van der Waals surface area contributed by atoms with E-state index >= 15 is 0 Å². The Morgan fingerprint density at radius 2 is 2.11 bits per heavy atom. The summed E-state index contributed by atoms with van der Waals surface area (Å²) in [6.45, 7) is 2.54. The number of nitrogens with zero attached hydrogens (tertiary/aromatic N) is 1. The van der Waals surface area contributed by atoms with Gasteiger partial charge in [-0.3, -0.25) is 4.79 Å². The Kier molecular flexibility index (Phi) is 2.74. The maximum Gasteiger partial charge on any atom is 0.333 e. The molecule has 6 nitrogen and oxygen atoms in total. The molecule has 0 aromatic carbocycles. The van der Waals surface area contributed by atoms with E-state index in [2.05, 4.69) is 0 Å². The number of hydrogen-bond donors (Lipinski definition) is 1. The first kappa shape index (κ1) is 13.0. The third kappa shape index (κ3) is 1.49. The van der Waals surface area contributed by atoms with Crippen LogP contribution in [0.15, 0.2) is 17.5 Å². The molecule has 98 valence electrons. The third-order valence-corrected chi connectivity index (χ3v) is 6.18. The van der Waals surface area contributed by atoms with Gasteiger partial charge in [-0.1, -0.05) is 6.07 Å². The highest BCUT2D eigenvalue weighted by molar-refractivity contribution is 7.94. The molecule has 1 fully saturated rings. The van der Waals surface area contributed by atoms with Gasteiger partial charge in [-0.15, -0.1) is 11.3 Å². The summed E-state index contributed by atoms with van der Waals surface area (Å²) in [6, 6.07) is 1.64. The van der Waals surface area contributed by atoms with Crippen LogP contribution < -0.4 is 0 Å². The largest absolute Gasteiger partial charge is 0.479 e. The van der Waals surface area contributed by atoms with E-state index < -0.39 is 32.7 Å². The lowest BCUT2D eigenvalue weighted by Crippen LogP contribution is -2.68. The van der Waals surface area contributed by atoms with Crippen molar-refractivity contribution in [1.82, 2.24) is 4.31 Å². The summed E-state index contributed by atoms with van der Waals surface area (Å²) >= 11 is 1.10. The molecule has 1 aromatic rings. The van der Waals surface area contributed by atoms with Crippen LogP contribution in [0, 0.1) is 0 Å². The second-order valence-corrected chi connectivity index (χ2v) is 7.72. The number of carboxylic acid groups (broad SMARTS) is 1. The summed E-state index contributed by atoms with van der Waals surface area (Å²) in [6.07, 6.45) is 0. The molecule has 0 bridgehead atoms. The Morgan fingerprint density at radius 1 is 1.50 bits per heavy atom. The summed E-state index contributed by atoms with van der Waals surface area (Å²) in [5.41, 5.74) is 0. The molecular formula is C10H11NO5S2. The molecule has 1 atom stereocenters. The SMILES string of the molecule is CC1(C)C(=O)N(C(C(=O)O)c2cccs2)S1(=O)=O. The van der Waals surface area contributed by atoms with Crippen molar-refractivity contribution >= 4 is 33.2 Å². The third-order valence-electron chi connectivity index (χ3n) is 2.90. The van der Waals surface area contributed by atoms with E-state index in [4.69, 9.17) is 5.11 Å². The van der Waals surface area contributed by atoms with E-state index in [1.54, 1.807) is 11.4 Å². The van der Waals surface area contributed by atoms with Crippen molar-refractivity contribution in [3.05, 3.63) is 22.4 Å². The van der Waals surface area contributed by atoms with E-state index in [1.165, 1.54) is 19.9 Å². The Morgan fingerprint density at radius 3 is 2.50 bits per heavy atom. The van der Waals surface area contributed by atoms with Gasteiger partial charge < -0.3 is 5.11 Å². The highest BCUT2D eigenvalue weighted by atomic mass is 32.2. The normalized spacial score (nSPS) is 22.3. The van der Waals surface area contributed by atoms with Crippen molar-refractivity contribution in [2.45, 2.75) is 24.6 Å². The van der Waals surface area contributed by atoms with Gasteiger partial charge in [0.2, 0.25) is 0 Å². The molecule has 1 saturated heterocycles. The summed E-state index contributed by atoms with van der Waals surface area (Å²) in [5.74, 6) is -2.05. The molecule has 0 aliphatic carbocycles. The number of sulfonamides is 1. The van der Waals surface area contributed by atoms with Gasteiger partial charge in [-0.2, -0.15) is 0 Å². The summed E-state index contributed by atoms with van der Waals surface area (Å²) in [7, 11) is -3.91. The maximum absolute atomic E-state index is 12.0. The van der Waals surface area contributed by atoms with Crippen molar-refractivity contribution < 1.29 is 23.1 Å². The van der Waals surface area contributed by atoms with Gasteiger partial charge in [0, 0.05) is 4.88 Å². The number of carboxylic acids is 1. The molecule has 1 aliphatic rings. The lowest BCUT2D eigenvalue weighted by molar-refractivity contribution is -0.149. The van der Waals surface area contributed by atoms with Gasteiger partial charge in [0.15, 0.2) is 10.8 Å². The first-order chi connectivity index (χ1) is 8.21. The standard InChI is InChI=1S/C10H11NO5S2/c1-10(2)9(14)11(18(10,15)16)7(8(12)13)6-4-3-5-17-6/h3-5,7H,1-2H3,(H,12,13). The number of carbonyl (C=O) groups excluding carboxylic acids is 1. The molecular weight excluding hydrogens is 278 g/mol. The molecule has 8 heteroatoms. The smallest absolute Gasteiger partial charge is 0.333 e. The van der Waals surface area contributed by atoms with Crippen LogP contribution in [0.3, 0.4) is 0 Å². The first-order valence-corrected chi connectivity index (χ1v) is 7.38. The molecule has 1 N–H and O–H groups in total. The van der Waals surface area contributed by atoms with Crippen LogP contribution in [0.4, 0.5) is 0 Å². The van der Waals surface area contributed by atoms with Gasteiger partial charge in [-0.05, 0) is 25.3 Å². The molecule has 0 radical (unpaired) electrons. The number of carbonyl (C=O) groups is 2. The van der Waals surface area contributed by atoms with Gasteiger partial charge in [0.1, 0.15) is 0 Å². The van der Waals surface area contributed by atoms with E-state index in [-0.39, 0.29) is 0 Å². The quantitative estimate of drug-likeness (QED) is 0.889. The molecule has 18 heavy (non-hydrogen) atoms. The van der Waals surface area contributed by atoms with Crippen molar-refractivity contribution in [3.63, 3.8) is 0 Å². The number of amides is 1. The summed E-state index contributed by atoms with van der Waals surface area (Å²) in [4.78, 5) is 23.4. The minimum atomic E-state index is -3.91. The first-order valence-electron chi connectivity index (χ1n) is 5.06. The Labute approximate surface area is 108 Å². The Bertz CT molecular complexity index is 602. The maximum atomic E-state index is 12.0. The number of thiophene rings is 1. The molecule has 1 amide bonds. The fraction of sp³-hybridized carbons (Fsp3) is 0.400. The second-order valence-electron chi connectivity index (χ2n) is 4.37. The minimum absolute atomic E-state index is 0.315. The fourth-order valence-corrected chi connectivity index (χ4v) is 4.21. The van der Waals surface area contributed by atoms with Crippen LogP contribution >= 0.6 is 11.3 Å². The van der Waals surface area contributed by atoms with E-state index in [0.29, 0.717) is 9.18 Å². The average Bonchev–Trinajstić information content (AvgIpc) is 2.76. The van der Waals surface area contributed by atoms with Crippen LogP contribution in [-0.4, -0.2) is 34.5 Å². The van der Waals surface area contributed by atoms with Crippen LogP contribution in [0.25, 0.3) is 0 Å². The molecule has 1 unspecified atom stereocenters. The number of rotatable bonds is 3. The molecule has 0 spiro atoms. The monoisotopic (exact) mass is 289 g/mol. The van der Waals surface area contributed by atoms with Crippen LogP contribution in [0.2, 0.25) is 0 Å². The second kappa shape index (κ2) is 3.79. The highest BCUT2D eigenvalue weighted by Gasteiger charge is 2.64. The topological polar surface area (TPSA) is 91.8 Å². The molecule has 2 heterocycles. The highest BCUT2D eigenvalue weighted by Crippen LogP contribution is 2.42. The van der Waals surface area contributed by atoms with Crippen LogP contribution in [0.1, 0.15) is 24.8 Å². The molecule has 1 aromatic heterocycles. The predicted molar refractivity (Wildman–Crippen MR) is 64.5 cm³/mol. The van der Waals surface area contributed by atoms with Crippen molar-refractivity contribution in [2.24, 2.45) is 0 Å². The van der Waals surface area contributed by atoms with Crippen molar-refractivity contribution in [2.75, 3.05) is 0 Å². The zero-order chi connectivity index (χ0) is 13.7. The Hall–Kier alpha value is -1.41. The zero-order valence-electron chi connectivity index (χ0n) is 9.65. The molecule has 1 aliphatic heterocycles. The van der Waals surface area contributed by atoms with Crippen molar-refractivity contribution in [1.29, 1.82) is 0 Å². The lowest BCUT2D eigenvalue weighted by atomic mass is 10.1. The minimum Gasteiger partial charge on any atom is -0.479 e. The molecule has 2 rings (SSSR count). The van der Waals surface area contributed by atoms with Gasteiger partial charge >= 0.3 is 5.97 Å². The lowest BCUT2D eigenvalue weighted by Gasteiger charge is -2.45. The van der Waals surface area contributed by atoms with Gasteiger partial charge in [0.25, 0.3) is 15.9 Å². The summed E-state index contributed by atoms with van der Waals surface area (Å²) in [5, 5.41) is 10.8. The van der Waals surface area contributed by atoms with Gasteiger partial charge in [-0.25, -0.2) is 17.5 Å². The van der Waals surface area contributed by atoms with Crippen LogP contribution in [0.5, 0.6) is 0 Å². The number of hydrogen-bond acceptors (Lipinski definition) is 5. The predicted octanol–water partition coefficient (Wildman–Crippen LogP) is 0.824. The van der Waals surface area contributed by atoms with E-state index in [1.807, 2.05) is 0 Å².